The van der Waals surface area contributed by atoms with Crippen LogP contribution in [0.1, 0.15) is 18.4 Å². The number of nitrogens with zero attached hydrogens (tertiary/aromatic N) is 2. The van der Waals surface area contributed by atoms with Crippen LogP contribution in [0.5, 0.6) is 11.5 Å². The zero-order valence-corrected chi connectivity index (χ0v) is 11.2. The van der Waals surface area contributed by atoms with E-state index in [0.717, 1.165) is 23.6 Å². The van der Waals surface area contributed by atoms with Gasteiger partial charge in [-0.25, -0.2) is 0 Å². The number of hydrogen-bond acceptors (Lipinski definition) is 7. The molecule has 0 amide bonds. The van der Waals surface area contributed by atoms with Gasteiger partial charge < -0.3 is 24.5 Å². The number of ether oxygens (including phenoxy) is 2. The number of nitrogens with one attached hydrogen (secondary N) is 2. The van der Waals surface area contributed by atoms with E-state index < -0.39 is 0 Å². The van der Waals surface area contributed by atoms with Gasteiger partial charge in [0.05, 0.1) is 6.54 Å². The number of aromatic nitrogens is 2. The van der Waals surface area contributed by atoms with Crippen LogP contribution in [0.4, 0.5) is 6.01 Å². The maximum atomic E-state index is 5.45. The van der Waals surface area contributed by atoms with Crippen molar-refractivity contribution in [2.75, 3.05) is 18.7 Å². The van der Waals surface area contributed by atoms with Gasteiger partial charge in [0.2, 0.25) is 12.7 Å². The van der Waals surface area contributed by atoms with Crippen LogP contribution >= 0.6 is 0 Å². The van der Waals surface area contributed by atoms with Gasteiger partial charge in [-0.05, 0) is 24.2 Å². The lowest BCUT2D eigenvalue weighted by Crippen LogP contribution is -2.11. The second kappa shape index (κ2) is 5.79. The van der Waals surface area contributed by atoms with E-state index in [1.165, 1.54) is 0 Å². The van der Waals surface area contributed by atoms with Crippen LogP contribution < -0.4 is 20.1 Å². The molecular weight excluding hydrogens is 260 g/mol. The Morgan fingerprint density at radius 2 is 2.05 bits per heavy atom. The van der Waals surface area contributed by atoms with Gasteiger partial charge in [-0.2, -0.15) is 0 Å². The third-order valence-electron chi connectivity index (χ3n) is 2.87. The van der Waals surface area contributed by atoms with E-state index in [9.17, 15) is 0 Å². The van der Waals surface area contributed by atoms with E-state index in [1.807, 2.05) is 25.1 Å². The Hall–Kier alpha value is -2.28. The molecule has 0 saturated heterocycles. The first-order valence-electron chi connectivity index (χ1n) is 6.50. The van der Waals surface area contributed by atoms with Crippen molar-refractivity contribution in [3.63, 3.8) is 0 Å². The molecule has 0 spiro atoms. The molecule has 106 valence electrons. The van der Waals surface area contributed by atoms with Crippen molar-refractivity contribution in [2.24, 2.45) is 0 Å². The van der Waals surface area contributed by atoms with E-state index >= 15 is 0 Å². The largest absolute Gasteiger partial charge is 0.454 e. The average molecular weight is 276 g/mol. The molecule has 0 radical (unpaired) electrons. The minimum atomic E-state index is 0.281. The highest BCUT2D eigenvalue weighted by molar-refractivity contribution is 5.45. The topological polar surface area (TPSA) is 81.4 Å². The Labute approximate surface area is 116 Å². The number of fused-ring (bicyclic) bond motifs is 1. The van der Waals surface area contributed by atoms with Gasteiger partial charge >= 0.3 is 6.01 Å². The Balaban J connectivity index is 1.57. The Morgan fingerprint density at radius 1 is 1.15 bits per heavy atom. The second-order valence-corrected chi connectivity index (χ2v) is 4.32. The first-order chi connectivity index (χ1) is 9.85. The molecule has 0 atom stereocenters. The summed E-state index contributed by atoms with van der Waals surface area (Å²) < 4.78 is 16.0. The Kier molecular flexibility index (Phi) is 3.69. The van der Waals surface area contributed by atoms with Crippen molar-refractivity contribution in [2.45, 2.75) is 20.0 Å². The number of hydrogen-bond donors (Lipinski definition) is 2. The lowest BCUT2D eigenvalue weighted by atomic mass is 10.2. The quantitative estimate of drug-likeness (QED) is 0.827. The molecular formula is C13H16N4O3. The van der Waals surface area contributed by atoms with Crippen LogP contribution in [-0.4, -0.2) is 23.5 Å². The van der Waals surface area contributed by atoms with E-state index in [0.29, 0.717) is 25.0 Å². The summed E-state index contributed by atoms with van der Waals surface area (Å²) in [6, 6.07) is 6.21. The summed E-state index contributed by atoms with van der Waals surface area (Å²) in [4.78, 5) is 0. The highest BCUT2D eigenvalue weighted by atomic mass is 16.7. The summed E-state index contributed by atoms with van der Waals surface area (Å²) in [5.41, 5.74) is 1.06. The van der Waals surface area contributed by atoms with Gasteiger partial charge in [0.25, 0.3) is 0 Å². The minimum Gasteiger partial charge on any atom is -0.454 e. The molecule has 7 heteroatoms. The molecule has 3 rings (SSSR count). The van der Waals surface area contributed by atoms with Crippen molar-refractivity contribution in [1.82, 2.24) is 15.5 Å². The number of benzene rings is 1. The lowest BCUT2D eigenvalue weighted by molar-refractivity contribution is 0.174. The van der Waals surface area contributed by atoms with Crippen molar-refractivity contribution in [3.8, 4) is 11.5 Å². The molecule has 1 aliphatic rings. The fourth-order valence-electron chi connectivity index (χ4n) is 1.86. The summed E-state index contributed by atoms with van der Waals surface area (Å²) in [5, 5.41) is 14.1. The molecule has 0 fully saturated rings. The highest BCUT2D eigenvalue weighted by Gasteiger charge is 2.13. The van der Waals surface area contributed by atoms with E-state index in [-0.39, 0.29) is 6.79 Å². The van der Waals surface area contributed by atoms with Crippen molar-refractivity contribution >= 4 is 6.01 Å². The summed E-state index contributed by atoms with van der Waals surface area (Å²) in [7, 11) is 0. The van der Waals surface area contributed by atoms with Crippen molar-refractivity contribution in [3.05, 3.63) is 29.7 Å². The summed E-state index contributed by atoms with van der Waals surface area (Å²) in [6.45, 7) is 4.33. The third-order valence-corrected chi connectivity index (χ3v) is 2.87. The van der Waals surface area contributed by atoms with Gasteiger partial charge in [0.15, 0.2) is 11.5 Å². The van der Waals surface area contributed by atoms with Crippen LogP contribution in [0.25, 0.3) is 0 Å². The molecule has 1 aliphatic heterocycles. The number of anilines is 1. The summed E-state index contributed by atoms with van der Waals surface area (Å²) >= 11 is 0. The molecule has 1 aromatic heterocycles. The highest BCUT2D eigenvalue weighted by Crippen LogP contribution is 2.32. The molecule has 2 heterocycles. The predicted molar refractivity (Wildman–Crippen MR) is 71.6 cm³/mol. The first kappa shape index (κ1) is 12.7. The maximum absolute atomic E-state index is 5.45. The minimum absolute atomic E-state index is 0.281. The zero-order chi connectivity index (χ0) is 13.8. The Bertz CT molecular complexity index is 585. The monoisotopic (exact) mass is 276 g/mol. The third kappa shape index (κ3) is 2.83. The van der Waals surface area contributed by atoms with Crippen LogP contribution in [0, 0.1) is 0 Å². The molecule has 1 aromatic carbocycles. The van der Waals surface area contributed by atoms with E-state index in [4.69, 9.17) is 13.9 Å². The maximum Gasteiger partial charge on any atom is 0.315 e. The standard InChI is InChI=1S/C13H16N4O3/c1-2-14-7-12-16-17-13(20-12)15-6-9-3-4-10-11(5-9)19-8-18-10/h3-5,14H,2,6-8H2,1H3,(H,15,17). The van der Waals surface area contributed by atoms with Crippen molar-refractivity contribution in [1.29, 1.82) is 0 Å². The smallest absolute Gasteiger partial charge is 0.315 e. The van der Waals surface area contributed by atoms with Crippen LogP contribution in [0.15, 0.2) is 22.6 Å². The summed E-state index contributed by atoms with van der Waals surface area (Å²) in [5.74, 6) is 2.11. The molecule has 2 aromatic rings. The molecule has 0 bridgehead atoms. The van der Waals surface area contributed by atoms with Gasteiger partial charge in [-0.15, -0.1) is 5.10 Å². The van der Waals surface area contributed by atoms with Crippen LogP contribution in [-0.2, 0) is 13.1 Å². The molecule has 0 aliphatic carbocycles. The fraction of sp³-hybridized carbons (Fsp3) is 0.385. The van der Waals surface area contributed by atoms with Gasteiger partial charge in [-0.1, -0.05) is 18.1 Å². The normalized spacial score (nSPS) is 12.7. The SMILES string of the molecule is CCNCc1nnc(NCc2ccc3c(c2)OCO3)o1. The van der Waals surface area contributed by atoms with Crippen molar-refractivity contribution < 1.29 is 13.9 Å². The number of rotatable bonds is 6. The zero-order valence-electron chi connectivity index (χ0n) is 11.2. The van der Waals surface area contributed by atoms with Gasteiger partial charge in [0.1, 0.15) is 0 Å². The van der Waals surface area contributed by atoms with Crippen LogP contribution in [0.3, 0.4) is 0 Å². The fourth-order valence-corrected chi connectivity index (χ4v) is 1.86. The molecule has 2 N–H and O–H groups in total. The van der Waals surface area contributed by atoms with E-state index in [2.05, 4.69) is 20.8 Å². The average Bonchev–Trinajstić information content (AvgIpc) is 3.11. The predicted octanol–water partition coefficient (Wildman–Crippen LogP) is 1.52. The van der Waals surface area contributed by atoms with Gasteiger partial charge in [-0.3, -0.25) is 0 Å². The lowest BCUT2D eigenvalue weighted by Gasteiger charge is -2.03. The molecule has 7 nitrogen and oxygen atoms in total. The molecule has 20 heavy (non-hydrogen) atoms. The van der Waals surface area contributed by atoms with E-state index in [1.54, 1.807) is 0 Å². The Morgan fingerprint density at radius 3 is 2.95 bits per heavy atom. The van der Waals surface area contributed by atoms with Crippen LogP contribution in [0.2, 0.25) is 0 Å². The second-order valence-electron chi connectivity index (χ2n) is 4.32. The van der Waals surface area contributed by atoms with Gasteiger partial charge in [0, 0.05) is 6.54 Å². The first-order valence-corrected chi connectivity index (χ1v) is 6.50. The summed E-state index contributed by atoms with van der Waals surface area (Å²) in [6.07, 6.45) is 0. The molecule has 0 unspecified atom stereocenters. The molecule has 0 saturated carbocycles.